The lowest BCUT2D eigenvalue weighted by Gasteiger charge is -2.30. The molecule has 2 unspecified atom stereocenters. The molecule has 0 saturated carbocycles. The van der Waals surface area contributed by atoms with Crippen molar-refractivity contribution in [1.29, 1.82) is 0 Å². The maximum Gasteiger partial charge on any atom is 0.223 e. The molecule has 5 heteroatoms. The molecule has 20 heavy (non-hydrogen) atoms. The highest BCUT2D eigenvalue weighted by Gasteiger charge is 2.46. The lowest BCUT2D eigenvalue weighted by atomic mass is 9.91. The van der Waals surface area contributed by atoms with E-state index in [0.717, 1.165) is 19.5 Å². The minimum absolute atomic E-state index is 0.180. The zero-order valence-electron chi connectivity index (χ0n) is 11.9. The first-order chi connectivity index (χ1) is 9.59. The molecule has 2 N–H and O–H groups in total. The van der Waals surface area contributed by atoms with E-state index in [9.17, 15) is 0 Å². The van der Waals surface area contributed by atoms with Crippen molar-refractivity contribution in [1.82, 2.24) is 15.0 Å². The van der Waals surface area contributed by atoms with Crippen molar-refractivity contribution in [3.8, 4) is 0 Å². The number of aromatic nitrogens is 2. The van der Waals surface area contributed by atoms with Gasteiger partial charge in [-0.15, -0.1) is 0 Å². The van der Waals surface area contributed by atoms with Crippen molar-refractivity contribution in [2.45, 2.75) is 38.4 Å². The fraction of sp³-hybridized carbons (Fsp3) is 0.467. The number of nitrogens with two attached hydrogens (primary N) is 1. The second kappa shape index (κ2) is 5.00. The van der Waals surface area contributed by atoms with Crippen molar-refractivity contribution in [2.75, 3.05) is 6.54 Å². The zero-order valence-corrected chi connectivity index (χ0v) is 11.9. The van der Waals surface area contributed by atoms with E-state index < -0.39 is 5.54 Å². The molecule has 1 saturated heterocycles. The van der Waals surface area contributed by atoms with E-state index in [1.807, 2.05) is 6.07 Å². The van der Waals surface area contributed by atoms with Gasteiger partial charge in [0.25, 0.3) is 0 Å². The van der Waals surface area contributed by atoms with Gasteiger partial charge in [0, 0.05) is 26.1 Å². The van der Waals surface area contributed by atoms with E-state index in [-0.39, 0.29) is 6.04 Å². The fourth-order valence-corrected chi connectivity index (χ4v) is 2.88. The quantitative estimate of drug-likeness (QED) is 0.923. The minimum Gasteiger partial charge on any atom is -0.340 e. The van der Waals surface area contributed by atoms with E-state index >= 15 is 0 Å². The maximum absolute atomic E-state index is 6.55. The summed E-state index contributed by atoms with van der Waals surface area (Å²) in [7, 11) is 0. The van der Waals surface area contributed by atoms with Crippen LogP contribution in [0.3, 0.4) is 0 Å². The first-order valence-electron chi connectivity index (χ1n) is 6.97. The van der Waals surface area contributed by atoms with E-state index in [4.69, 9.17) is 10.3 Å². The molecule has 1 aliphatic heterocycles. The third-order valence-electron chi connectivity index (χ3n) is 4.28. The maximum atomic E-state index is 6.55. The van der Waals surface area contributed by atoms with E-state index in [0.29, 0.717) is 11.7 Å². The standard InChI is InChI=1S/C15H20N4O/c1-11-15(16,14-17-12(2)20-18-14)8-9-19(11)10-13-6-4-3-5-7-13/h3-7,11H,8-10,16H2,1-2H3. The Labute approximate surface area is 118 Å². The van der Waals surface area contributed by atoms with Gasteiger partial charge in [0.2, 0.25) is 5.89 Å². The van der Waals surface area contributed by atoms with Gasteiger partial charge in [0.1, 0.15) is 0 Å². The molecule has 3 rings (SSSR count). The average molecular weight is 272 g/mol. The molecule has 0 amide bonds. The molecular weight excluding hydrogens is 252 g/mol. The van der Waals surface area contributed by atoms with Gasteiger partial charge in [-0.2, -0.15) is 4.98 Å². The number of benzene rings is 1. The lowest BCUT2D eigenvalue weighted by Crippen LogP contribution is -2.47. The van der Waals surface area contributed by atoms with Gasteiger partial charge in [-0.3, -0.25) is 4.90 Å². The summed E-state index contributed by atoms with van der Waals surface area (Å²) in [6.45, 7) is 5.78. The molecule has 2 aromatic rings. The molecule has 106 valence electrons. The predicted molar refractivity (Wildman–Crippen MR) is 75.8 cm³/mol. The molecule has 5 nitrogen and oxygen atoms in total. The predicted octanol–water partition coefficient (Wildman–Crippen LogP) is 1.83. The van der Waals surface area contributed by atoms with Crippen LogP contribution in [0.2, 0.25) is 0 Å². The molecule has 1 aromatic carbocycles. The second-order valence-electron chi connectivity index (χ2n) is 5.56. The van der Waals surface area contributed by atoms with Crippen LogP contribution in [-0.4, -0.2) is 27.6 Å². The monoisotopic (exact) mass is 272 g/mol. The van der Waals surface area contributed by atoms with E-state index in [2.05, 4.69) is 46.2 Å². The number of rotatable bonds is 3. The number of aryl methyl sites for hydroxylation is 1. The topological polar surface area (TPSA) is 68.2 Å². The average Bonchev–Trinajstić information content (AvgIpc) is 3.00. The van der Waals surface area contributed by atoms with E-state index in [1.165, 1.54) is 5.56 Å². The first-order valence-corrected chi connectivity index (χ1v) is 6.97. The van der Waals surface area contributed by atoms with Gasteiger partial charge >= 0.3 is 0 Å². The van der Waals surface area contributed by atoms with Crippen LogP contribution in [0, 0.1) is 6.92 Å². The van der Waals surface area contributed by atoms with Gasteiger partial charge in [0.05, 0.1) is 5.54 Å². The van der Waals surface area contributed by atoms with Crippen LogP contribution in [0.4, 0.5) is 0 Å². The van der Waals surface area contributed by atoms with Crippen molar-refractivity contribution < 1.29 is 4.52 Å². The highest BCUT2D eigenvalue weighted by molar-refractivity contribution is 5.17. The van der Waals surface area contributed by atoms with Crippen molar-refractivity contribution in [3.05, 3.63) is 47.6 Å². The summed E-state index contributed by atoms with van der Waals surface area (Å²) in [4.78, 5) is 6.70. The Morgan fingerprint density at radius 2 is 2.15 bits per heavy atom. The summed E-state index contributed by atoms with van der Waals surface area (Å²) >= 11 is 0. The number of likely N-dealkylation sites (tertiary alicyclic amines) is 1. The normalized spacial score (nSPS) is 27.1. The molecule has 1 fully saturated rings. The third kappa shape index (κ3) is 2.23. The van der Waals surface area contributed by atoms with Crippen LogP contribution in [0.25, 0.3) is 0 Å². The zero-order chi connectivity index (χ0) is 14.2. The Kier molecular flexibility index (Phi) is 3.31. The van der Waals surface area contributed by atoms with Crippen LogP contribution in [0.15, 0.2) is 34.9 Å². The Morgan fingerprint density at radius 3 is 2.80 bits per heavy atom. The van der Waals surface area contributed by atoms with Crippen LogP contribution < -0.4 is 5.73 Å². The van der Waals surface area contributed by atoms with Gasteiger partial charge in [0.15, 0.2) is 5.82 Å². The summed E-state index contributed by atoms with van der Waals surface area (Å²) in [5.41, 5.74) is 7.33. The molecule has 0 bridgehead atoms. The summed E-state index contributed by atoms with van der Waals surface area (Å²) in [5, 5.41) is 4.02. The Balaban J connectivity index is 1.78. The first kappa shape index (κ1) is 13.3. The van der Waals surface area contributed by atoms with Crippen LogP contribution >= 0.6 is 0 Å². The Morgan fingerprint density at radius 1 is 1.40 bits per heavy atom. The van der Waals surface area contributed by atoms with Crippen LogP contribution in [-0.2, 0) is 12.1 Å². The van der Waals surface area contributed by atoms with E-state index in [1.54, 1.807) is 6.92 Å². The molecule has 0 radical (unpaired) electrons. The highest BCUT2D eigenvalue weighted by Crippen LogP contribution is 2.34. The van der Waals surface area contributed by atoms with Gasteiger partial charge < -0.3 is 10.3 Å². The summed E-state index contributed by atoms with van der Waals surface area (Å²) < 4.78 is 5.08. The Hall–Kier alpha value is -1.72. The summed E-state index contributed by atoms with van der Waals surface area (Å²) in [5.74, 6) is 1.19. The largest absolute Gasteiger partial charge is 0.340 e. The van der Waals surface area contributed by atoms with Crippen molar-refractivity contribution in [2.24, 2.45) is 5.73 Å². The molecule has 2 heterocycles. The SMILES string of the molecule is Cc1nc(C2(N)CCN(Cc3ccccc3)C2C)no1. The highest BCUT2D eigenvalue weighted by atomic mass is 16.5. The van der Waals surface area contributed by atoms with Crippen molar-refractivity contribution in [3.63, 3.8) is 0 Å². The summed E-state index contributed by atoms with van der Waals surface area (Å²) in [6, 6.07) is 10.6. The minimum atomic E-state index is -0.521. The molecule has 1 aromatic heterocycles. The third-order valence-corrected chi connectivity index (χ3v) is 4.28. The van der Waals surface area contributed by atoms with Gasteiger partial charge in [-0.25, -0.2) is 0 Å². The molecule has 0 aliphatic carbocycles. The fourth-order valence-electron chi connectivity index (χ4n) is 2.88. The molecular formula is C15H20N4O. The number of hydrogen-bond donors (Lipinski definition) is 1. The molecule has 2 atom stereocenters. The summed E-state index contributed by atoms with van der Waals surface area (Å²) in [6.07, 6.45) is 0.847. The number of nitrogens with zero attached hydrogens (tertiary/aromatic N) is 3. The molecule has 0 spiro atoms. The van der Waals surface area contributed by atoms with Crippen molar-refractivity contribution >= 4 is 0 Å². The van der Waals surface area contributed by atoms with Crippen LogP contribution in [0.1, 0.15) is 30.6 Å². The smallest absolute Gasteiger partial charge is 0.223 e. The molecule has 1 aliphatic rings. The Bertz CT molecular complexity index is 583. The lowest BCUT2D eigenvalue weighted by molar-refractivity contribution is 0.208. The van der Waals surface area contributed by atoms with Crippen LogP contribution in [0.5, 0.6) is 0 Å². The van der Waals surface area contributed by atoms with Gasteiger partial charge in [-0.1, -0.05) is 35.5 Å². The van der Waals surface area contributed by atoms with Gasteiger partial charge in [-0.05, 0) is 18.9 Å². The number of hydrogen-bond acceptors (Lipinski definition) is 5. The second-order valence-corrected chi connectivity index (χ2v) is 5.56.